The molecule has 2 atom stereocenters. The van der Waals surface area contributed by atoms with Crippen LogP contribution < -0.4 is 9.47 Å². The number of hydroxylamine groups is 2. The number of nitrogens with zero attached hydrogens (tertiary/aromatic N) is 1. The molecular formula is C21H25NO4. The van der Waals surface area contributed by atoms with Crippen molar-refractivity contribution in [3.05, 3.63) is 59.2 Å². The fourth-order valence-electron chi connectivity index (χ4n) is 3.81. The van der Waals surface area contributed by atoms with Gasteiger partial charge in [-0.3, -0.25) is 9.63 Å². The molecule has 0 spiro atoms. The van der Waals surface area contributed by atoms with Crippen LogP contribution in [-0.2, 0) is 16.1 Å². The van der Waals surface area contributed by atoms with Gasteiger partial charge in [-0.2, -0.15) is 0 Å². The van der Waals surface area contributed by atoms with Crippen molar-refractivity contribution in [2.24, 2.45) is 0 Å². The maximum atomic E-state index is 13.0. The quantitative estimate of drug-likeness (QED) is 0.770. The van der Waals surface area contributed by atoms with E-state index in [1.54, 1.807) is 21.3 Å². The van der Waals surface area contributed by atoms with Gasteiger partial charge in [-0.25, -0.2) is 5.06 Å². The first kappa shape index (κ1) is 18.3. The monoisotopic (exact) mass is 355 g/mol. The molecule has 0 fully saturated rings. The first-order valence-electron chi connectivity index (χ1n) is 8.71. The summed E-state index contributed by atoms with van der Waals surface area (Å²) in [6.45, 7) is 0. The van der Waals surface area contributed by atoms with Gasteiger partial charge in [0.15, 0.2) is 11.5 Å². The largest absolute Gasteiger partial charge is 0.493 e. The number of hydrogen-bond acceptors (Lipinski definition) is 4. The third kappa shape index (κ3) is 3.27. The highest BCUT2D eigenvalue weighted by Gasteiger charge is 2.36. The topological polar surface area (TPSA) is 48.0 Å². The number of fused-ring (bicyclic) bond motifs is 1. The highest BCUT2D eigenvalue weighted by atomic mass is 16.7. The maximum absolute atomic E-state index is 13.0. The van der Waals surface area contributed by atoms with Crippen molar-refractivity contribution in [1.29, 1.82) is 0 Å². The zero-order chi connectivity index (χ0) is 18.7. The van der Waals surface area contributed by atoms with Crippen LogP contribution in [0.2, 0.25) is 0 Å². The summed E-state index contributed by atoms with van der Waals surface area (Å²) in [5, 5.41) is 1.30. The van der Waals surface area contributed by atoms with Gasteiger partial charge in [-0.05, 0) is 36.0 Å². The summed E-state index contributed by atoms with van der Waals surface area (Å²) < 4.78 is 11.1. The molecule has 0 N–H and O–H groups in total. The van der Waals surface area contributed by atoms with E-state index in [0.717, 1.165) is 24.0 Å². The van der Waals surface area contributed by atoms with Crippen molar-refractivity contribution in [2.45, 2.75) is 24.7 Å². The molecule has 2 unspecified atom stereocenters. The van der Waals surface area contributed by atoms with E-state index in [9.17, 15) is 4.79 Å². The number of carbonyl (C=O) groups excluding carboxylic acids is 1. The van der Waals surface area contributed by atoms with E-state index in [1.807, 2.05) is 30.3 Å². The molecule has 138 valence electrons. The van der Waals surface area contributed by atoms with Crippen molar-refractivity contribution in [3.8, 4) is 11.5 Å². The molecule has 2 aromatic rings. The molecule has 1 aliphatic carbocycles. The summed E-state index contributed by atoms with van der Waals surface area (Å²) in [5.41, 5.74) is 3.25. The van der Waals surface area contributed by atoms with Gasteiger partial charge in [0.1, 0.15) is 0 Å². The lowest BCUT2D eigenvalue weighted by molar-refractivity contribution is -0.170. The van der Waals surface area contributed by atoms with Crippen LogP contribution >= 0.6 is 0 Å². The third-order valence-corrected chi connectivity index (χ3v) is 5.18. The molecule has 5 heteroatoms. The molecule has 1 amide bonds. The Labute approximate surface area is 154 Å². The average Bonchev–Trinajstić information content (AvgIpc) is 2.71. The number of rotatable bonds is 5. The van der Waals surface area contributed by atoms with Gasteiger partial charge < -0.3 is 9.47 Å². The Bertz CT molecular complexity index is 775. The van der Waals surface area contributed by atoms with Crippen LogP contribution in [-0.4, -0.2) is 39.3 Å². The van der Waals surface area contributed by atoms with Gasteiger partial charge in [0.25, 0.3) is 5.91 Å². The molecule has 0 aromatic heterocycles. The van der Waals surface area contributed by atoms with E-state index in [-0.39, 0.29) is 17.7 Å². The Morgan fingerprint density at radius 3 is 2.38 bits per heavy atom. The van der Waals surface area contributed by atoms with Crippen LogP contribution in [0.1, 0.15) is 34.9 Å². The Hall–Kier alpha value is -2.53. The smallest absolute Gasteiger partial charge is 0.253 e. The normalized spacial score (nSPS) is 18.8. The summed E-state index contributed by atoms with van der Waals surface area (Å²) >= 11 is 0. The minimum absolute atomic E-state index is 0.0541. The molecule has 26 heavy (non-hydrogen) atoms. The van der Waals surface area contributed by atoms with Gasteiger partial charge in [0.05, 0.1) is 27.2 Å². The van der Waals surface area contributed by atoms with Crippen molar-refractivity contribution < 1.29 is 19.1 Å². The van der Waals surface area contributed by atoms with Crippen LogP contribution in [0.5, 0.6) is 11.5 Å². The number of ether oxygens (including phenoxy) is 2. The fraction of sp³-hybridized carbons (Fsp3) is 0.381. The lowest BCUT2D eigenvalue weighted by atomic mass is 9.73. The van der Waals surface area contributed by atoms with Crippen LogP contribution in [0.4, 0.5) is 0 Å². The van der Waals surface area contributed by atoms with Gasteiger partial charge in [-0.1, -0.05) is 36.4 Å². The van der Waals surface area contributed by atoms with Crippen LogP contribution in [0.3, 0.4) is 0 Å². The summed E-state index contributed by atoms with van der Waals surface area (Å²) in [6.07, 6.45) is 1.54. The molecule has 0 heterocycles. The molecule has 0 radical (unpaired) electrons. The summed E-state index contributed by atoms with van der Waals surface area (Å²) in [7, 11) is 6.42. The highest BCUT2D eigenvalue weighted by Crippen LogP contribution is 2.46. The van der Waals surface area contributed by atoms with Crippen molar-refractivity contribution in [2.75, 3.05) is 28.4 Å². The van der Waals surface area contributed by atoms with Gasteiger partial charge in [0.2, 0.25) is 0 Å². The minimum atomic E-state index is -0.284. The van der Waals surface area contributed by atoms with E-state index >= 15 is 0 Å². The lowest BCUT2D eigenvalue weighted by Crippen LogP contribution is -2.34. The number of carbonyl (C=O) groups is 1. The molecule has 0 saturated carbocycles. The van der Waals surface area contributed by atoms with Gasteiger partial charge >= 0.3 is 0 Å². The molecular weight excluding hydrogens is 330 g/mol. The van der Waals surface area contributed by atoms with Crippen LogP contribution in [0.15, 0.2) is 42.5 Å². The number of methoxy groups -OCH3 is 2. The maximum Gasteiger partial charge on any atom is 0.253 e. The van der Waals surface area contributed by atoms with Crippen molar-refractivity contribution in [3.63, 3.8) is 0 Å². The summed E-state index contributed by atoms with van der Waals surface area (Å²) in [6, 6.07) is 14.1. The first-order chi connectivity index (χ1) is 12.6. The molecule has 0 bridgehead atoms. The van der Waals surface area contributed by atoms with Gasteiger partial charge in [-0.15, -0.1) is 0 Å². The van der Waals surface area contributed by atoms with Gasteiger partial charge in [0, 0.05) is 12.6 Å². The highest BCUT2D eigenvalue weighted by molar-refractivity contribution is 5.84. The fourth-order valence-corrected chi connectivity index (χ4v) is 3.81. The van der Waals surface area contributed by atoms with Crippen molar-refractivity contribution >= 4 is 5.91 Å². The average molecular weight is 355 g/mol. The predicted octanol–water partition coefficient (Wildman–Crippen LogP) is 3.54. The molecule has 5 nitrogen and oxygen atoms in total. The zero-order valence-corrected chi connectivity index (χ0v) is 15.7. The van der Waals surface area contributed by atoms with E-state index < -0.39 is 0 Å². The van der Waals surface area contributed by atoms with E-state index in [4.69, 9.17) is 14.3 Å². The number of amides is 1. The van der Waals surface area contributed by atoms with E-state index in [2.05, 4.69) is 12.1 Å². The summed E-state index contributed by atoms with van der Waals surface area (Å²) in [4.78, 5) is 18.1. The number of likely N-dealkylation sites (N-methyl/N-ethyl adjacent to an activating group) is 1. The van der Waals surface area contributed by atoms with Crippen LogP contribution in [0, 0.1) is 0 Å². The standard InChI is InChI=1S/C21H25NO4/c1-22(26-4)21(23)18-13-15(14-8-6-5-7-9-14)12-17-16(18)10-11-19(24-2)20(17)25-3/h5-11,15,18H,12-13H2,1-4H3. The Morgan fingerprint density at radius 2 is 1.77 bits per heavy atom. The first-order valence-corrected chi connectivity index (χ1v) is 8.71. The summed E-state index contributed by atoms with van der Waals surface area (Å²) in [5.74, 6) is 1.29. The van der Waals surface area contributed by atoms with E-state index in [1.165, 1.54) is 17.7 Å². The predicted molar refractivity (Wildman–Crippen MR) is 99.6 cm³/mol. The molecule has 2 aromatic carbocycles. The molecule has 0 aliphatic heterocycles. The number of benzene rings is 2. The van der Waals surface area contributed by atoms with Crippen molar-refractivity contribution in [1.82, 2.24) is 5.06 Å². The Balaban J connectivity index is 2.10. The Kier molecular flexibility index (Phi) is 5.47. The van der Waals surface area contributed by atoms with E-state index in [0.29, 0.717) is 11.5 Å². The SMILES string of the molecule is COc1ccc2c(c1OC)CC(c1ccccc1)CC2C(=O)N(C)OC. The second-order valence-electron chi connectivity index (χ2n) is 6.49. The van der Waals surface area contributed by atoms with Crippen LogP contribution in [0.25, 0.3) is 0 Å². The number of hydrogen-bond donors (Lipinski definition) is 0. The molecule has 0 saturated heterocycles. The molecule has 1 aliphatic rings. The minimum Gasteiger partial charge on any atom is -0.493 e. The second-order valence-corrected chi connectivity index (χ2v) is 6.49. The third-order valence-electron chi connectivity index (χ3n) is 5.18. The zero-order valence-electron chi connectivity index (χ0n) is 15.7. The lowest BCUT2D eigenvalue weighted by Gasteiger charge is -2.34. The molecule has 3 rings (SSSR count). The second kappa shape index (κ2) is 7.79. The Morgan fingerprint density at radius 1 is 1.04 bits per heavy atom.